The van der Waals surface area contributed by atoms with Crippen LogP contribution in [0.15, 0.2) is 98.1 Å². The first-order valence-corrected chi connectivity index (χ1v) is 36.3. The van der Waals surface area contributed by atoms with Gasteiger partial charge in [0, 0.05) is 103 Å². The van der Waals surface area contributed by atoms with Crippen molar-refractivity contribution in [1.29, 1.82) is 0 Å². The number of ether oxygens (including phenoxy) is 4. The minimum absolute atomic E-state index is 0.0408. The monoisotopic (exact) mass is 1320 g/mol. The van der Waals surface area contributed by atoms with Crippen LogP contribution in [-0.2, 0) is 56.9 Å². The second-order valence-electron chi connectivity index (χ2n) is 32.4. The topological polar surface area (TPSA) is 246 Å². The van der Waals surface area contributed by atoms with Crippen molar-refractivity contribution < 1.29 is 69.4 Å². The number of phenols is 4. The number of hydrogen-bond acceptors (Lipinski definition) is 18. The maximum atomic E-state index is 12.7. The molecule has 9 fully saturated rings. The zero-order chi connectivity index (χ0) is 66.4. The largest absolute Gasteiger partial charge is 0.504 e. The van der Waals surface area contributed by atoms with Crippen molar-refractivity contribution >= 4 is 11.6 Å². The highest BCUT2D eigenvalue weighted by molar-refractivity contribution is 5.91. The van der Waals surface area contributed by atoms with Gasteiger partial charge in [0.1, 0.15) is 18.3 Å². The molecule has 0 aromatic heterocycles. The molecule has 8 bridgehead atoms. The molecule has 18 nitrogen and oxygen atoms in total. The standard InChI is InChI=1S/C21H25NO3.C20H23NO4.C19H21NO4.C19H21NO3/c1-12-6-7-21(24)16-10-14-4-5-15(23)18-17(14)20(21,19(12)25-18)8-9-22(16)11-13-2-3-13;22-13-4-3-12-9-15-20(24)6-5-14(23)18-19(20,16(12)17(13)25-18)7-8-21(15)10-11-1-2-11;1-2-8-20-9-7-18-15-11-3-4-12(21)16(15)24-17(18)13(22)5-6-19(18,23)14(20)10-11;1-2-8-20-9-7-19-12-4-6-15(22)18(19)23-17-14(21)5-3-11(16(17)19)10-13(12)20/h4-5,13,16,19,23-24H,1-3,6-11H2;3-4,11,15,18,22,24H,1-2,5-10H2;2-4,14,17,21,23H,1,5-10H2;2-6,12-13,15,18,21-22H,1,7-10H2/t16-,19+,20+,21-;15-,18+,19+,20-;14-,17+,18+,19-;12-,13+,15-,18-,19-/m1110/s1. The van der Waals surface area contributed by atoms with E-state index in [1.165, 1.54) is 36.8 Å². The number of piperidine rings is 4. The smallest absolute Gasteiger partial charge is 0.174 e. The molecule has 8 heterocycles. The third-order valence-corrected chi connectivity index (χ3v) is 28.4. The van der Waals surface area contributed by atoms with Gasteiger partial charge >= 0.3 is 0 Å². The minimum atomic E-state index is -1.00. The quantitative estimate of drug-likeness (QED) is 0.0821. The minimum Gasteiger partial charge on any atom is -0.504 e. The number of aromatic hydroxyl groups is 4. The van der Waals surface area contributed by atoms with E-state index in [1.807, 2.05) is 42.5 Å². The summed E-state index contributed by atoms with van der Waals surface area (Å²) in [7, 11) is 0. The third-order valence-electron chi connectivity index (χ3n) is 28.4. The Hall–Kier alpha value is -6.74. The van der Waals surface area contributed by atoms with Gasteiger partial charge in [-0.25, -0.2) is 0 Å². The number of rotatable bonds is 8. The van der Waals surface area contributed by atoms with E-state index in [4.69, 9.17) is 18.9 Å². The number of carbonyl (C=O) groups is 2. The molecule has 8 aliphatic heterocycles. The summed E-state index contributed by atoms with van der Waals surface area (Å²) in [6.45, 7) is 19.5. The predicted molar refractivity (Wildman–Crippen MR) is 358 cm³/mol. The zero-order valence-corrected chi connectivity index (χ0v) is 55.2. The fourth-order valence-corrected chi connectivity index (χ4v) is 24.0. The first-order valence-electron chi connectivity index (χ1n) is 36.3. The summed E-state index contributed by atoms with van der Waals surface area (Å²) >= 11 is 0. The fraction of sp³-hybridized carbons (Fsp3) is 0.570. The molecular weight excluding hydrogens is 1230 g/mol. The van der Waals surface area contributed by atoms with Crippen LogP contribution in [0.3, 0.4) is 0 Å². The van der Waals surface area contributed by atoms with Gasteiger partial charge in [0.15, 0.2) is 69.8 Å². The molecule has 22 rings (SSSR count). The number of likely N-dealkylation sites (tertiary alicyclic amines) is 4. The molecule has 0 unspecified atom stereocenters. The van der Waals surface area contributed by atoms with E-state index in [-0.39, 0.29) is 70.3 Å². The van der Waals surface area contributed by atoms with Crippen molar-refractivity contribution in [2.45, 2.75) is 209 Å². The molecule has 0 amide bonds. The van der Waals surface area contributed by atoms with Gasteiger partial charge in [-0.15, -0.1) is 13.2 Å². The molecule has 18 aliphatic rings. The van der Waals surface area contributed by atoms with Crippen LogP contribution in [0.1, 0.15) is 134 Å². The summed E-state index contributed by atoms with van der Waals surface area (Å²) in [6.07, 6.45) is 20.5. The van der Waals surface area contributed by atoms with E-state index in [0.29, 0.717) is 73.5 Å². The van der Waals surface area contributed by atoms with Crippen LogP contribution >= 0.6 is 0 Å². The van der Waals surface area contributed by atoms with Crippen molar-refractivity contribution in [2.24, 2.45) is 17.8 Å². The van der Waals surface area contributed by atoms with E-state index in [0.717, 1.165) is 155 Å². The SMILES string of the molecule is C=C1CC[C@@]2(O)[C@H]3Cc4ccc(O)c5c4[C@@]2(CCN3CC2CC2)[C@H]1O5.C=CCN1CC[C@]23c4c5ccc(O)c4O[C@H]2C(=O)CC[C@@]3(O)[C@H]1C5.C=CCN1CC[C@]23c4c5ccc(O)c4O[C@H]2[C@@H](O)C=C[C@H]3[C@H]1C5.O=C1CC[C@@]2(O)[C@H]3Cc4ccc(O)c5c4[C@@]2(CCN3CC2CC2)[C@H]1O5. The van der Waals surface area contributed by atoms with Crippen LogP contribution in [0.2, 0.25) is 0 Å². The Balaban J connectivity index is 0.0000000910. The maximum absolute atomic E-state index is 12.7. The first-order chi connectivity index (χ1) is 46.8. The molecule has 4 aromatic carbocycles. The zero-order valence-electron chi connectivity index (χ0n) is 55.2. The number of nitrogens with zero attached hydrogens (tertiary/aromatic N) is 4. The van der Waals surface area contributed by atoms with Crippen LogP contribution in [0.5, 0.6) is 46.0 Å². The third kappa shape index (κ3) is 7.80. The Morgan fingerprint density at radius 2 is 0.876 bits per heavy atom. The van der Waals surface area contributed by atoms with Crippen LogP contribution < -0.4 is 18.9 Å². The van der Waals surface area contributed by atoms with Crippen molar-refractivity contribution in [2.75, 3.05) is 52.4 Å². The second-order valence-corrected chi connectivity index (χ2v) is 32.4. The Morgan fingerprint density at radius 1 is 0.474 bits per heavy atom. The number of ketones is 2. The summed E-state index contributed by atoms with van der Waals surface area (Å²) in [4.78, 5) is 35.2. The van der Waals surface area contributed by atoms with Crippen molar-refractivity contribution in [1.82, 2.24) is 19.6 Å². The Labute approximate surface area is 565 Å². The lowest BCUT2D eigenvalue weighted by Gasteiger charge is -2.63. The van der Waals surface area contributed by atoms with E-state index < -0.39 is 51.4 Å². The lowest BCUT2D eigenvalue weighted by Crippen LogP contribution is -2.76. The lowest BCUT2D eigenvalue weighted by atomic mass is 9.48. The van der Waals surface area contributed by atoms with Gasteiger partial charge in [0.05, 0.1) is 33.0 Å². The number of hydrogen-bond donors (Lipinski definition) is 8. The van der Waals surface area contributed by atoms with Gasteiger partial charge in [0.25, 0.3) is 0 Å². The molecule has 18 heteroatoms. The highest BCUT2D eigenvalue weighted by Crippen LogP contribution is 2.70. The van der Waals surface area contributed by atoms with Crippen LogP contribution in [0, 0.1) is 17.8 Å². The molecule has 10 aliphatic carbocycles. The number of aliphatic hydroxyl groups excluding tert-OH is 1. The molecular formula is C79H90N4O14. The van der Waals surface area contributed by atoms with E-state index in [9.17, 15) is 50.4 Å². The van der Waals surface area contributed by atoms with E-state index in [2.05, 4.69) is 45.4 Å². The summed E-state index contributed by atoms with van der Waals surface area (Å²) in [5.74, 6) is 4.68. The average Bonchev–Trinajstić information content (AvgIpc) is 1.60. The van der Waals surface area contributed by atoms with Crippen LogP contribution in [0.4, 0.5) is 0 Å². The molecule has 17 atom stereocenters. The summed E-state index contributed by atoms with van der Waals surface area (Å²) < 4.78 is 24.4. The molecule has 4 saturated heterocycles. The Morgan fingerprint density at radius 3 is 1.35 bits per heavy atom. The van der Waals surface area contributed by atoms with E-state index in [1.54, 1.807) is 24.3 Å². The molecule has 4 aromatic rings. The summed E-state index contributed by atoms with van der Waals surface area (Å²) in [6, 6.07) is 15.3. The Bertz CT molecular complexity index is 4010. The van der Waals surface area contributed by atoms with Crippen LogP contribution in [0.25, 0.3) is 0 Å². The predicted octanol–water partition coefficient (Wildman–Crippen LogP) is 7.09. The summed E-state index contributed by atoms with van der Waals surface area (Å²) in [5, 5.41) is 87.7. The van der Waals surface area contributed by atoms with Gasteiger partial charge in [-0.1, -0.05) is 55.1 Å². The molecule has 4 spiro atoms. The van der Waals surface area contributed by atoms with Crippen molar-refractivity contribution in [3.63, 3.8) is 0 Å². The molecule has 8 N–H and O–H groups in total. The number of Topliss-reactive ketones (excluding diaryl/α,β-unsaturated/α-hetero) is 2. The van der Waals surface area contributed by atoms with Crippen molar-refractivity contribution in [3.05, 3.63) is 143 Å². The van der Waals surface area contributed by atoms with Gasteiger partial charge < -0.3 is 59.8 Å². The average molecular weight is 1320 g/mol. The maximum Gasteiger partial charge on any atom is 0.174 e. The molecule has 0 radical (unpaired) electrons. The fourth-order valence-electron chi connectivity index (χ4n) is 24.0. The van der Waals surface area contributed by atoms with Crippen LogP contribution in [-0.4, -0.2) is 196 Å². The molecule has 97 heavy (non-hydrogen) atoms. The molecule has 5 saturated carbocycles. The number of carbonyl (C=O) groups excluding carboxylic acids is 2. The first kappa shape index (κ1) is 61.4. The van der Waals surface area contributed by atoms with Gasteiger partial charge in [-0.3, -0.25) is 29.2 Å². The highest BCUT2D eigenvalue weighted by Gasteiger charge is 2.76. The Kier molecular flexibility index (Phi) is 13.2. The lowest BCUT2D eigenvalue weighted by molar-refractivity contribution is -0.188. The molecule has 510 valence electrons. The van der Waals surface area contributed by atoms with Gasteiger partial charge in [0.2, 0.25) is 0 Å². The highest BCUT2D eigenvalue weighted by atomic mass is 16.5. The number of phenolic OH excluding ortho intramolecular Hbond substituents is 4. The van der Waals surface area contributed by atoms with Gasteiger partial charge in [-0.05, 0) is 186 Å². The number of benzene rings is 4. The second kappa shape index (κ2) is 20.9. The normalized spacial score (nSPS) is 40.5. The van der Waals surface area contributed by atoms with Gasteiger partial charge in [-0.2, -0.15) is 0 Å². The van der Waals surface area contributed by atoms with E-state index >= 15 is 0 Å². The number of aliphatic hydroxyl groups is 4. The van der Waals surface area contributed by atoms with Crippen molar-refractivity contribution in [3.8, 4) is 46.0 Å². The summed E-state index contributed by atoms with van der Waals surface area (Å²) in [5.41, 5.74) is 5.14.